The first kappa shape index (κ1) is 14.6. The molecule has 1 aliphatic heterocycles. The maximum atomic E-state index is 6.61. The van der Waals surface area contributed by atoms with Gasteiger partial charge in [-0.05, 0) is 62.5 Å². The van der Waals surface area contributed by atoms with E-state index in [4.69, 9.17) is 5.73 Å². The molecule has 0 amide bonds. The van der Waals surface area contributed by atoms with Gasteiger partial charge in [0.25, 0.3) is 0 Å². The highest BCUT2D eigenvalue weighted by Crippen LogP contribution is 2.27. The smallest absolute Gasteiger partial charge is 0.0307 e. The third-order valence-corrected chi connectivity index (χ3v) is 5.15. The van der Waals surface area contributed by atoms with Gasteiger partial charge in [-0.1, -0.05) is 42.5 Å². The van der Waals surface area contributed by atoms with Crippen molar-refractivity contribution in [3.8, 4) is 0 Å². The lowest BCUT2D eigenvalue weighted by Gasteiger charge is -2.40. The van der Waals surface area contributed by atoms with Crippen LogP contribution < -0.4 is 5.73 Å². The second-order valence-electron chi connectivity index (χ2n) is 6.80. The van der Waals surface area contributed by atoms with Gasteiger partial charge in [0.15, 0.2) is 0 Å². The minimum atomic E-state index is 0.0629. The number of nitrogens with two attached hydrogens (primary N) is 1. The highest BCUT2D eigenvalue weighted by molar-refractivity contribution is 5.85. The third kappa shape index (κ3) is 2.83. The zero-order valence-electron chi connectivity index (χ0n) is 13.2. The molecule has 0 radical (unpaired) electrons. The van der Waals surface area contributed by atoms with Crippen molar-refractivity contribution in [2.75, 3.05) is 13.1 Å². The Morgan fingerprint density at radius 1 is 1.05 bits per heavy atom. The number of hydrogen-bond donors (Lipinski definition) is 1. The minimum Gasteiger partial charge on any atom is -0.326 e. The summed E-state index contributed by atoms with van der Waals surface area (Å²) in [6, 6.07) is 15.3. The van der Waals surface area contributed by atoms with Crippen molar-refractivity contribution in [2.24, 2.45) is 5.73 Å². The Kier molecular flexibility index (Phi) is 4.01. The van der Waals surface area contributed by atoms with Crippen molar-refractivity contribution in [2.45, 2.75) is 44.7 Å². The Labute approximate surface area is 127 Å². The lowest BCUT2D eigenvalue weighted by molar-refractivity contribution is 0.123. The van der Waals surface area contributed by atoms with Crippen molar-refractivity contribution < 1.29 is 0 Å². The van der Waals surface area contributed by atoms with Crippen LogP contribution in [0.1, 0.15) is 32.3 Å². The lowest BCUT2D eigenvalue weighted by Crippen LogP contribution is -2.55. The van der Waals surface area contributed by atoms with Crippen molar-refractivity contribution in [1.82, 2.24) is 4.90 Å². The van der Waals surface area contributed by atoms with Gasteiger partial charge in [0.05, 0.1) is 0 Å². The van der Waals surface area contributed by atoms with E-state index in [2.05, 4.69) is 61.2 Å². The fraction of sp³-hybridized carbons (Fsp3) is 0.474. The van der Waals surface area contributed by atoms with Crippen LogP contribution in [-0.2, 0) is 6.42 Å². The Morgan fingerprint density at radius 2 is 1.71 bits per heavy atom. The molecule has 0 aliphatic carbocycles. The summed E-state index contributed by atoms with van der Waals surface area (Å²) < 4.78 is 0. The first-order chi connectivity index (χ1) is 10.1. The maximum Gasteiger partial charge on any atom is 0.0307 e. The average Bonchev–Trinajstić information content (AvgIpc) is 3.02. The van der Waals surface area contributed by atoms with Crippen LogP contribution in [0, 0.1) is 0 Å². The number of benzene rings is 2. The predicted molar refractivity (Wildman–Crippen MR) is 90.5 cm³/mol. The van der Waals surface area contributed by atoms with Crippen molar-refractivity contribution in [3.05, 3.63) is 48.0 Å². The summed E-state index contributed by atoms with van der Waals surface area (Å²) in [6.07, 6.45) is 3.56. The van der Waals surface area contributed by atoms with Gasteiger partial charge in [-0.25, -0.2) is 0 Å². The molecule has 1 unspecified atom stereocenters. The second-order valence-corrected chi connectivity index (χ2v) is 6.80. The van der Waals surface area contributed by atoms with Crippen LogP contribution in [0.25, 0.3) is 10.8 Å². The molecule has 1 atom stereocenters. The summed E-state index contributed by atoms with van der Waals surface area (Å²) in [7, 11) is 0. The Bertz CT molecular complexity index is 606. The summed E-state index contributed by atoms with van der Waals surface area (Å²) in [4.78, 5) is 2.56. The van der Waals surface area contributed by atoms with E-state index in [1.165, 1.54) is 42.3 Å². The summed E-state index contributed by atoms with van der Waals surface area (Å²) >= 11 is 0. The summed E-state index contributed by atoms with van der Waals surface area (Å²) in [5.74, 6) is 0. The highest BCUT2D eigenvalue weighted by atomic mass is 15.2. The molecule has 21 heavy (non-hydrogen) atoms. The van der Waals surface area contributed by atoms with Crippen LogP contribution >= 0.6 is 0 Å². The normalized spacial score (nSPS) is 18.2. The van der Waals surface area contributed by atoms with E-state index in [0.717, 1.165) is 6.42 Å². The molecule has 1 heterocycles. The largest absolute Gasteiger partial charge is 0.326 e. The molecule has 2 aromatic rings. The van der Waals surface area contributed by atoms with Crippen LogP contribution in [0.2, 0.25) is 0 Å². The molecule has 3 rings (SSSR count). The molecule has 112 valence electrons. The van der Waals surface area contributed by atoms with Gasteiger partial charge in [-0.3, -0.25) is 4.90 Å². The molecule has 2 nitrogen and oxygen atoms in total. The van der Waals surface area contributed by atoms with E-state index < -0.39 is 0 Å². The molecular formula is C19H26N2. The van der Waals surface area contributed by atoms with Gasteiger partial charge in [-0.2, -0.15) is 0 Å². The Balaban J connectivity index is 1.84. The molecule has 0 spiro atoms. The van der Waals surface area contributed by atoms with E-state index >= 15 is 0 Å². The molecule has 1 aliphatic rings. The third-order valence-electron chi connectivity index (χ3n) is 5.15. The van der Waals surface area contributed by atoms with E-state index in [-0.39, 0.29) is 11.6 Å². The average molecular weight is 282 g/mol. The molecule has 0 bridgehead atoms. The van der Waals surface area contributed by atoms with Gasteiger partial charge in [0, 0.05) is 11.6 Å². The molecule has 0 aromatic heterocycles. The number of likely N-dealkylation sites (tertiary alicyclic amines) is 1. The molecule has 2 N–H and O–H groups in total. The van der Waals surface area contributed by atoms with E-state index in [1.807, 2.05) is 0 Å². The molecule has 1 fully saturated rings. The van der Waals surface area contributed by atoms with Crippen molar-refractivity contribution in [3.63, 3.8) is 0 Å². The quantitative estimate of drug-likeness (QED) is 0.928. The van der Waals surface area contributed by atoms with E-state index in [1.54, 1.807) is 0 Å². The van der Waals surface area contributed by atoms with Crippen LogP contribution in [-0.4, -0.2) is 29.6 Å². The van der Waals surface area contributed by atoms with E-state index in [0.29, 0.717) is 0 Å². The Hall–Kier alpha value is -1.38. The van der Waals surface area contributed by atoms with Gasteiger partial charge >= 0.3 is 0 Å². The van der Waals surface area contributed by atoms with Crippen LogP contribution in [0.5, 0.6) is 0 Å². The zero-order chi connectivity index (χ0) is 14.9. The highest BCUT2D eigenvalue weighted by Gasteiger charge is 2.34. The maximum absolute atomic E-state index is 6.61. The number of fused-ring (bicyclic) bond motifs is 1. The number of hydrogen-bond acceptors (Lipinski definition) is 2. The molecule has 2 aromatic carbocycles. The van der Waals surface area contributed by atoms with Gasteiger partial charge in [-0.15, -0.1) is 0 Å². The topological polar surface area (TPSA) is 29.3 Å². The summed E-state index contributed by atoms with van der Waals surface area (Å²) in [5, 5.41) is 2.65. The van der Waals surface area contributed by atoms with Crippen LogP contribution in [0.4, 0.5) is 0 Å². The lowest BCUT2D eigenvalue weighted by atomic mass is 9.87. The molecule has 0 saturated carbocycles. The first-order valence-corrected chi connectivity index (χ1v) is 8.06. The fourth-order valence-corrected chi connectivity index (χ4v) is 3.49. The molecular weight excluding hydrogens is 256 g/mol. The van der Waals surface area contributed by atoms with Gasteiger partial charge in [0.2, 0.25) is 0 Å². The number of nitrogens with zero attached hydrogens (tertiary/aromatic N) is 1. The van der Waals surface area contributed by atoms with Crippen molar-refractivity contribution in [1.29, 1.82) is 0 Å². The monoisotopic (exact) mass is 282 g/mol. The van der Waals surface area contributed by atoms with Crippen molar-refractivity contribution >= 4 is 10.8 Å². The standard InChI is InChI=1S/C19H26N2/c1-19(2,21-12-5-6-13-21)18(20)14-16-10-7-9-15-8-3-4-11-17(15)16/h3-4,7-11,18H,5-6,12-14,20H2,1-2H3. The first-order valence-electron chi connectivity index (χ1n) is 8.06. The van der Waals surface area contributed by atoms with Crippen LogP contribution in [0.3, 0.4) is 0 Å². The summed E-state index contributed by atoms with van der Waals surface area (Å²) in [6.45, 7) is 6.98. The second kappa shape index (κ2) is 5.78. The van der Waals surface area contributed by atoms with Gasteiger partial charge < -0.3 is 5.73 Å². The van der Waals surface area contributed by atoms with Crippen LogP contribution in [0.15, 0.2) is 42.5 Å². The predicted octanol–water partition coefficient (Wildman–Crippen LogP) is 3.58. The summed E-state index contributed by atoms with van der Waals surface area (Å²) in [5.41, 5.74) is 8.04. The fourth-order valence-electron chi connectivity index (χ4n) is 3.49. The minimum absolute atomic E-state index is 0.0629. The molecule has 1 saturated heterocycles. The van der Waals surface area contributed by atoms with E-state index in [9.17, 15) is 0 Å². The van der Waals surface area contributed by atoms with Gasteiger partial charge in [0.1, 0.15) is 0 Å². The zero-order valence-corrected chi connectivity index (χ0v) is 13.2. The molecule has 2 heteroatoms. The Morgan fingerprint density at radius 3 is 2.48 bits per heavy atom. The SMILES string of the molecule is CC(C)(C(N)Cc1cccc2ccccc12)N1CCCC1. The number of rotatable bonds is 4.